The van der Waals surface area contributed by atoms with Crippen molar-refractivity contribution in [3.63, 3.8) is 0 Å². The van der Waals surface area contributed by atoms with E-state index in [2.05, 4.69) is 82.6 Å². The van der Waals surface area contributed by atoms with Crippen molar-refractivity contribution < 1.29 is 0 Å². The van der Waals surface area contributed by atoms with Crippen molar-refractivity contribution in [2.75, 3.05) is 30.4 Å². The van der Waals surface area contributed by atoms with Crippen molar-refractivity contribution in [1.29, 1.82) is 0 Å². The molecule has 1 aromatic carbocycles. The molecular weight excluding hydrogens is 438 g/mol. The van der Waals surface area contributed by atoms with E-state index >= 15 is 0 Å². The zero-order valence-electron chi connectivity index (χ0n) is 19.8. The molecule has 1 saturated heterocycles. The van der Waals surface area contributed by atoms with Gasteiger partial charge in [-0.25, -0.2) is 15.0 Å². The topological polar surface area (TPSA) is 88.2 Å². The Kier molecular flexibility index (Phi) is 5.38. The lowest BCUT2D eigenvalue weighted by Gasteiger charge is -2.40. The van der Waals surface area contributed by atoms with Gasteiger partial charge in [-0.1, -0.05) is 24.3 Å². The van der Waals surface area contributed by atoms with Crippen molar-refractivity contribution in [3.05, 3.63) is 79.1 Å². The standard InChI is InChI=1S/C26H27N9/c1-27-21-15-34(16-21)22-7-8-35-24(13-29-26(35)9-22)23-10-25(31-17-30-23)28-11-18-3-5-19(6-4-18)20-12-32-33(2)14-20/h3-10,12-14,17,21,27H,11,15-16H2,1-2H3,(H,28,30,31). The van der Waals surface area contributed by atoms with E-state index in [4.69, 9.17) is 0 Å². The smallest absolute Gasteiger partial charge is 0.139 e. The molecule has 5 aromatic rings. The van der Waals surface area contributed by atoms with Crippen LogP contribution in [0.1, 0.15) is 5.56 Å². The molecule has 1 fully saturated rings. The van der Waals surface area contributed by atoms with Gasteiger partial charge in [-0.2, -0.15) is 5.10 Å². The van der Waals surface area contributed by atoms with E-state index in [-0.39, 0.29) is 0 Å². The first kappa shape index (κ1) is 21.3. The predicted octanol–water partition coefficient (Wildman–Crippen LogP) is 3.21. The minimum Gasteiger partial charge on any atom is -0.368 e. The molecule has 0 aliphatic carbocycles. The number of rotatable bonds is 7. The van der Waals surface area contributed by atoms with E-state index < -0.39 is 0 Å². The van der Waals surface area contributed by atoms with Gasteiger partial charge in [0.15, 0.2) is 0 Å². The summed E-state index contributed by atoms with van der Waals surface area (Å²) in [5.41, 5.74) is 7.31. The largest absolute Gasteiger partial charge is 0.368 e. The zero-order valence-corrected chi connectivity index (χ0v) is 19.8. The predicted molar refractivity (Wildman–Crippen MR) is 137 cm³/mol. The molecule has 1 aliphatic heterocycles. The Morgan fingerprint density at radius 2 is 1.83 bits per heavy atom. The van der Waals surface area contributed by atoms with Crippen molar-refractivity contribution >= 4 is 17.2 Å². The molecule has 4 aromatic heterocycles. The highest BCUT2D eigenvalue weighted by Gasteiger charge is 2.25. The summed E-state index contributed by atoms with van der Waals surface area (Å²) in [5, 5.41) is 11.0. The third kappa shape index (κ3) is 4.22. The number of nitrogens with one attached hydrogen (secondary N) is 2. The lowest BCUT2D eigenvalue weighted by Crippen LogP contribution is -2.57. The molecule has 0 bridgehead atoms. The van der Waals surface area contributed by atoms with Gasteiger partial charge in [0.2, 0.25) is 0 Å². The summed E-state index contributed by atoms with van der Waals surface area (Å²) in [4.78, 5) is 15.9. The summed E-state index contributed by atoms with van der Waals surface area (Å²) in [5.74, 6) is 0.775. The van der Waals surface area contributed by atoms with Gasteiger partial charge in [0, 0.05) is 68.5 Å². The Hall–Kier alpha value is -4.24. The third-order valence-electron chi connectivity index (χ3n) is 6.55. The first-order valence-electron chi connectivity index (χ1n) is 11.7. The molecule has 0 atom stereocenters. The molecule has 1 aliphatic rings. The average molecular weight is 466 g/mol. The number of imidazole rings is 1. The van der Waals surface area contributed by atoms with Gasteiger partial charge in [0.25, 0.3) is 0 Å². The Morgan fingerprint density at radius 1 is 0.971 bits per heavy atom. The summed E-state index contributed by atoms with van der Waals surface area (Å²) in [6.07, 6.45) is 9.42. The van der Waals surface area contributed by atoms with Crippen LogP contribution in [0.25, 0.3) is 28.2 Å². The van der Waals surface area contributed by atoms with Gasteiger partial charge in [0.1, 0.15) is 17.8 Å². The number of likely N-dealkylation sites (N-methyl/N-ethyl adjacent to an activating group) is 1. The average Bonchev–Trinajstić information content (AvgIpc) is 3.49. The van der Waals surface area contributed by atoms with E-state index in [0.29, 0.717) is 12.6 Å². The molecule has 35 heavy (non-hydrogen) atoms. The number of pyridine rings is 1. The number of aromatic nitrogens is 6. The van der Waals surface area contributed by atoms with Gasteiger partial charge in [-0.15, -0.1) is 0 Å². The molecule has 9 nitrogen and oxygen atoms in total. The van der Waals surface area contributed by atoms with Gasteiger partial charge in [-0.3, -0.25) is 9.08 Å². The van der Waals surface area contributed by atoms with E-state index in [0.717, 1.165) is 47.1 Å². The second kappa shape index (κ2) is 8.84. The highest BCUT2D eigenvalue weighted by Crippen LogP contribution is 2.26. The highest BCUT2D eigenvalue weighted by atomic mass is 15.2. The zero-order chi connectivity index (χ0) is 23.8. The second-order valence-corrected chi connectivity index (χ2v) is 8.89. The molecule has 0 saturated carbocycles. The van der Waals surface area contributed by atoms with Crippen LogP contribution in [-0.4, -0.2) is 55.3 Å². The quantitative estimate of drug-likeness (QED) is 0.382. The van der Waals surface area contributed by atoms with Crippen LogP contribution in [-0.2, 0) is 13.6 Å². The Balaban J connectivity index is 1.16. The molecule has 5 heterocycles. The van der Waals surface area contributed by atoms with Crippen LogP contribution in [0.2, 0.25) is 0 Å². The molecular formula is C26H27N9. The summed E-state index contributed by atoms with van der Waals surface area (Å²) >= 11 is 0. The Labute approximate surface area is 203 Å². The molecule has 9 heteroatoms. The fourth-order valence-corrected chi connectivity index (χ4v) is 4.40. The SMILES string of the molecule is CNC1CN(c2ccn3c(-c4cc(NCc5ccc(-c6cnn(C)c6)cc5)ncn4)cnc3c2)C1. The molecule has 0 radical (unpaired) electrons. The lowest BCUT2D eigenvalue weighted by atomic mass is 10.1. The number of fused-ring (bicyclic) bond motifs is 1. The fraction of sp³-hybridized carbons (Fsp3) is 0.231. The van der Waals surface area contributed by atoms with E-state index in [1.54, 1.807) is 6.33 Å². The minimum absolute atomic E-state index is 0.563. The van der Waals surface area contributed by atoms with Crippen LogP contribution in [0.5, 0.6) is 0 Å². The maximum atomic E-state index is 4.63. The first-order chi connectivity index (χ1) is 17.2. The van der Waals surface area contributed by atoms with Crippen LogP contribution in [0.4, 0.5) is 11.5 Å². The normalized spacial score (nSPS) is 13.8. The summed E-state index contributed by atoms with van der Waals surface area (Å²) < 4.78 is 3.88. The Morgan fingerprint density at radius 3 is 2.60 bits per heavy atom. The van der Waals surface area contributed by atoms with Crippen molar-refractivity contribution in [2.24, 2.45) is 7.05 Å². The molecule has 0 amide bonds. The molecule has 0 spiro atoms. The maximum absolute atomic E-state index is 4.63. The highest BCUT2D eigenvalue weighted by molar-refractivity contribution is 5.66. The monoisotopic (exact) mass is 465 g/mol. The van der Waals surface area contributed by atoms with Gasteiger partial charge >= 0.3 is 0 Å². The van der Waals surface area contributed by atoms with Crippen molar-refractivity contribution in [3.8, 4) is 22.5 Å². The maximum Gasteiger partial charge on any atom is 0.139 e. The van der Waals surface area contributed by atoms with Crippen LogP contribution in [0.15, 0.2) is 73.6 Å². The molecule has 2 N–H and O–H groups in total. The van der Waals surface area contributed by atoms with Gasteiger partial charge in [-0.05, 0) is 24.2 Å². The molecule has 176 valence electrons. The summed E-state index contributed by atoms with van der Waals surface area (Å²) in [6, 6.07) is 15.3. The first-order valence-corrected chi connectivity index (χ1v) is 11.7. The number of nitrogens with zero attached hydrogens (tertiary/aromatic N) is 7. The van der Waals surface area contributed by atoms with Crippen molar-refractivity contribution in [2.45, 2.75) is 12.6 Å². The number of hydrogen-bond donors (Lipinski definition) is 2. The number of hydrogen-bond acceptors (Lipinski definition) is 7. The second-order valence-electron chi connectivity index (χ2n) is 8.89. The Bertz CT molecular complexity index is 1460. The van der Waals surface area contributed by atoms with Crippen LogP contribution >= 0.6 is 0 Å². The van der Waals surface area contributed by atoms with Gasteiger partial charge in [0.05, 0.1) is 23.8 Å². The van der Waals surface area contributed by atoms with Crippen LogP contribution < -0.4 is 15.5 Å². The summed E-state index contributed by atoms with van der Waals surface area (Å²) in [7, 11) is 3.94. The number of anilines is 2. The number of aryl methyl sites for hydroxylation is 1. The van der Waals surface area contributed by atoms with E-state index in [9.17, 15) is 0 Å². The van der Waals surface area contributed by atoms with Crippen LogP contribution in [0.3, 0.4) is 0 Å². The fourth-order valence-electron chi connectivity index (χ4n) is 4.40. The third-order valence-corrected chi connectivity index (χ3v) is 6.55. The number of benzene rings is 1. The van der Waals surface area contributed by atoms with E-state index in [1.165, 1.54) is 11.3 Å². The molecule has 6 rings (SSSR count). The van der Waals surface area contributed by atoms with Crippen molar-refractivity contribution in [1.82, 2.24) is 34.4 Å². The lowest BCUT2D eigenvalue weighted by molar-refractivity contribution is 0.450. The van der Waals surface area contributed by atoms with E-state index in [1.807, 2.05) is 43.4 Å². The summed E-state index contributed by atoms with van der Waals surface area (Å²) in [6.45, 7) is 2.71. The van der Waals surface area contributed by atoms with Gasteiger partial charge < -0.3 is 15.5 Å². The minimum atomic E-state index is 0.563. The van der Waals surface area contributed by atoms with Crippen LogP contribution in [0, 0.1) is 0 Å². The molecule has 0 unspecified atom stereocenters.